The number of halogens is 3. The molecule has 18 nitrogen and oxygen atoms in total. The Kier molecular flexibility index (Phi) is 16.8. The maximum Gasteiger partial charge on any atom is 0.326 e. The molecule has 4 aliphatic heterocycles. The van der Waals surface area contributed by atoms with Crippen molar-refractivity contribution in [1.82, 2.24) is 39.3 Å². The third kappa shape index (κ3) is 11.0. The summed E-state index contributed by atoms with van der Waals surface area (Å²) in [6.45, 7) is 16.5. The zero-order valence-corrected chi connectivity index (χ0v) is 52.3. The number of rotatable bonds is 17. The van der Waals surface area contributed by atoms with Gasteiger partial charge in [0.05, 0.1) is 75.5 Å². The first-order chi connectivity index (χ1) is 42.3. The van der Waals surface area contributed by atoms with Crippen LogP contribution in [0.4, 0.5) is 20.7 Å². The lowest BCUT2D eigenvalue weighted by Gasteiger charge is -2.56. The number of anilines is 2. The van der Waals surface area contributed by atoms with Crippen LogP contribution in [0.15, 0.2) is 96.1 Å². The third-order valence-electron chi connectivity index (χ3n) is 18.5. The number of nitriles is 1. The number of likely N-dealkylation sites (N-methyl/N-ethyl adjacent to an activating group) is 1. The van der Waals surface area contributed by atoms with Gasteiger partial charge in [-0.1, -0.05) is 68.2 Å². The number of aromatic nitrogens is 3. The van der Waals surface area contributed by atoms with Gasteiger partial charge in [0.25, 0.3) is 5.91 Å². The van der Waals surface area contributed by atoms with E-state index in [1.165, 1.54) is 12.1 Å². The Hall–Kier alpha value is -7.60. The maximum absolute atomic E-state index is 15.4. The van der Waals surface area contributed by atoms with Gasteiger partial charge in [0.2, 0.25) is 5.91 Å². The molecule has 0 spiro atoms. The minimum atomic E-state index is -0.983. The fourth-order valence-electron chi connectivity index (χ4n) is 13.6. The molecule has 2 N–H and O–H groups in total. The van der Waals surface area contributed by atoms with E-state index in [0.29, 0.717) is 133 Å². The summed E-state index contributed by atoms with van der Waals surface area (Å²) in [5.41, 5.74) is 12.9. The van der Waals surface area contributed by atoms with E-state index in [4.69, 9.17) is 53.2 Å². The number of carbonyl (C=O) groups excluding carboxylic acids is 3. The van der Waals surface area contributed by atoms with Crippen LogP contribution in [0.5, 0.6) is 5.75 Å². The Morgan fingerprint density at radius 1 is 0.864 bits per heavy atom. The first-order valence-electron chi connectivity index (χ1n) is 30.6. The number of carbonyl (C=O) groups is 3. The zero-order valence-electron chi connectivity index (χ0n) is 50.8. The highest BCUT2D eigenvalue weighted by molar-refractivity contribution is 6.31. The van der Waals surface area contributed by atoms with Crippen LogP contribution in [0.1, 0.15) is 128 Å². The van der Waals surface area contributed by atoms with E-state index in [-0.39, 0.29) is 73.7 Å². The smallest absolute Gasteiger partial charge is 0.326 e. The van der Waals surface area contributed by atoms with Gasteiger partial charge >= 0.3 is 6.03 Å². The summed E-state index contributed by atoms with van der Waals surface area (Å²) in [6.07, 6.45) is 4.95. The van der Waals surface area contributed by atoms with Crippen molar-refractivity contribution in [3.63, 3.8) is 0 Å². The Bertz CT molecular complexity index is 3760. The summed E-state index contributed by atoms with van der Waals surface area (Å²) in [4.78, 5) is 65.3. The second kappa shape index (κ2) is 24.4. The molecule has 3 atom stereocenters. The van der Waals surface area contributed by atoms with E-state index in [9.17, 15) is 19.2 Å². The normalized spacial score (nSPS) is 20.6. The summed E-state index contributed by atoms with van der Waals surface area (Å²) < 4.78 is 34.8. The molecule has 21 heteroatoms. The lowest BCUT2D eigenvalue weighted by atomic mass is 9.54. The van der Waals surface area contributed by atoms with E-state index in [2.05, 4.69) is 60.7 Å². The number of nitrogens with two attached hydrogens (primary N) is 1. The van der Waals surface area contributed by atoms with Crippen LogP contribution in [-0.4, -0.2) is 155 Å². The second-order valence-electron chi connectivity index (χ2n) is 24.9. The van der Waals surface area contributed by atoms with E-state index in [1.54, 1.807) is 33.8 Å². The number of pyridine rings is 1. The molecule has 2 aromatic heterocycles. The average molecular weight is 1230 g/mol. The Morgan fingerprint density at radius 3 is 2.33 bits per heavy atom. The molecule has 2 bridgehead atoms. The molecule has 4 aromatic carbocycles. The zero-order chi connectivity index (χ0) is 61.8. The van der Waals surface area contributed by atoms with Gasteiger partial charge in [0.15, 0.2) is 0 Å². The predicted molar refractivity (Wildman–Crippen MR) is 336 cm³/mol. The van der Waals surface area contributed by atoms with Gasteiger partial charge < -0.3 is 39.5 Å². The second-order valence-corrected chi connectivity index (χ2v) is 25.8. The van der Waals surface area contributed by atoms with Crippen molar-refractivity contribution in [3.05, 3.63) is 157 Å². The van der Waals surface area contributed by atoms with Crippen molar-refractivity contribution in [2.24, 2.45) is 4.99 Å². The van der Waals surface area contributed by atoms with Gasteiger partial charge in [-0.25, -0.2) is 19.2 Å². The van der Waals surface area contributed by atoms with Gasteiger partial charge in [-0.15, -0.1) is 0 Å². The summed E-state index contributed by atoms with van der Waals surface area (Å²) in [7, 11) is 1.71. The number of hydrogen-bond donors (Lipinski definition) is 1. The maximum atomic E-state index is 15.4. The molecular weight excluding hydrogens is 1160 g/mol. The number of nitrogens with zero attached hydrogens (tertiary/aromatic N) is 11. The van der Waals surface area contributed by atoms with Crippen LogP contribution in [-0.2, 0) is 43.9 Å². The number of aliphatic imine (C=N–C) groups is 1. The van der Waals surface area contributed by atoms with Crippen molar-refractivity contribution >= 4 is 58.4 Å². The number of amides is 4. The van der Waals surface area contributed by atoms with E-state index in [1.807, 2.05) is 71.3 Å². The summed E-state index contributed by atoms with van der Waals surface area (Å²) >= 11 is 13.2. The van der Waals surface area contributed by atoms with Crippen molar-refractivity contribution in [2.45, 2.75) is 108 Å². The lowest BCUT2D eigenvalue weighted by molar-refractivity contribution is -0.131. The molecule has 460 valence electrons. The third-order valence-corrected chi connectivity index (χ3v) is 19.0. The molecule has 3 fully saturated rings. The van der Waals surface area contributed by atoms with Gasteiger partial charge in [0, 0.05) is 91.8 Å². The Labute approximate surface area is 523 Å². The largest absolute Gasteiger partial charge is 0.493 e. The standard InChI is InChI=1S/C67H75Cl2FN12O6/c1-7-88-58-36-44(65(2,3)4)12-19-50(58)62-74-67(43-10-13-45(68)14-11-43)53-37-46(69)15-21-52(53)66(67,5)82(62)64(85)78-27-25-77(26-28-78)30-32-87-34-33-86-31-22-59(83)76(6)24-29-81-57(39-71)60-42-35-56(61(72)73-40-42)79-23-8-9-55(79)51-38-47(70)16-20-49(51)63(84)80(48-17-18-48)41-54(60)75-81/h10-16,19-21,35-38,40,48,55H,7-9,17-18,22-34,41H2,1-6H3,(H2,72,73)/t55-,66-,67-/m1/s1. The average Bonchev–Trinajstić information content (AvgIpc) is 1.47. The van der Waals surface area contributed by atoms with Gasteiger partial charge in [-0.3, -0.25) is 24.1 Å². The highest BCUT2D eigenvalue weighted by Crippen LogP contribution is 2.66. The first-order valence-corrected chi connectivity index (χ1v) is 31.4. The van der Waals surface area contributed by atoms with Crippen LogP contribution in [0.25, 0.3) is 11.1 Å². The van der Waals surface area contributed by atoms with Gasteiger partial charge in [0.1, 0.15) is 46.1 Å². The molecule has 0 unspecified atom stereocenters. The fraction of sp³-hybridized carbons (Fsp3) is 0.448. The van der Waals surface area contributed by atoms with Gasteiger partial charge in [-0.05, 0) is 133 Å². The Balaban J connectivity index is 0.644. The number of urea groups is 1. The number of piperazine rings is 1. The lowest BCUT2D eigenvalue weighted by Crippen LogP contribution is -2.66. The van der Waals surface area contributed by atoms with Crippen LogP contribution in [0.2, 0.25) is 10.0 Å². The summed E-state index contributed by atoms with van der Waals surface area (Å²) in [6, 6.07) is 28.0. The van der Waals surface area contributed by atoms with Crippen molar-refractivity contribution in [2.75, 3.05) is 96.5 Å². The molecule has 6 aromatic rings. The fourth-order valence-corrected chi connectivity index (χ4v) is 13.9. The van der Waals surface area contributed by atoms with Crippen molar-refractivity contribution in [3.8, 4) is 22.9 Å². The molecule has 1 saturated carbocycles. The molecule has 88 heavy (non-hydrogen) atoms. The number of benzene rings is 4. The molecule has 6 aliphatic rings. The van der Waals surface area contributed by atoms with Crippen molar-refractivity contribution in [1.29, 1.82) is 5.26 Å². The molecule has 6 heterocycles. The molecule has 0 radical (unpaired) electrons. The van der Waals surface area contributed by atoms with Gasteiger partial charge in [-0.2, -0.15) is 10.4 Å². The van der Waals surface area contributed by atoms with Crippen LogP contribution < -0.4 is 15.4 Å². The number of ether oxygens (including phenoxy) is 3. The van der Waals surface area contributed by atoms with Crippen LogP contribution in [0.3, 0.4) is 0 Å². The summed E-state index contributed by atoms with van der Waals surface area (Å²) in [5, 5.41) is 16.9. The number of hydrogen-bond acceptors (Lipinski definition) is 13. The van der Waals surface area contributed by atoms with E-state index < -0.39 is 16.9 Å². The van der Waals surface area contributed by atoms with Crippen LogP contribution >= 0.6 is 23.2 Å². The topological polar surface area (TPSA) is 191 Å². The number of fused-ring (bicyclic) bond motifs is 12. The highest BCUT2D eigenvalue weighted by atomic mass is 35.5. The molecule has 2 aliphatic carbocycles. The molecule has 4 amide bonds. The minimum absolute atomic E-state index is 0.0227. The molecule has 2 saturated heterocycles. The quantitative estimate of drug-likeness (QED) is 0.0852. The monoisotopic (exact) mass is 1230 g/mol. The highest BCUT2D eigenvalue weighted by Gasteiger charge is 2.71. The SMILES string of the molecule is CCOc1cc(C(C)(C)C)ccc1C1=N[C@]2(c3ccc(Cl)cc3)c3cc(Cl)ccc3[C@@]2(C)N1C(=O)N1CCN(CCOCCOCCC(=O)N(C)CCn2nc3c(c2C#N)-c2cnc(N)c(c2)N2CCC[C@@H]2c2cc(F)ccc2C(=O)N(C2CC2)C3)CC1. The number of amidine groups is 1. The molecule has 12 rings (SSSR count). The number of nitrogen functional groups attached to an aromatic ring is 1. The van der Waals surface area contributed by atoms with Crippen LogP contribution in [0, 0.1) is 17.1 Å². The summed E-state index contributed by atoms with van der Waals surface area (Å²) in [5.74, 6) is 0.741. The Morgan fingerprint density at radius 2 is 1.60 bits per heavy atom. The van der Waals surface area contributed by atoms with E-state index >= 15 is 4.79 Å². The first kappa shape index (κ1) is 60.7. The molecular formula is C67H75Cl2FN12O6. The van der Waals surface area contributed by atoms with E-state index in [0.717, 1.165) is 47.1 Å². The predicted octanol–water partition coefficient (Wildman–Crippen LogP) is 10.6. The van der Waals surface area contributed by atoms with Crippen molar-refractivity contribution < 1.29 is 33.0 Å². The minimum Gasteiger partial charge on any atom is -0.493 e.